The minimum atomic E-state index is -3.93. The van der Waals surface area contributed by atoms with Crippen molar-refractivity contribution in [2.24, 2.45) is 0 Å². The van der Waals surface area contributed by atoms with Crippen molar-refractivity contribution < 1.29 is 13.2 Å². The van der Waals surface area contributed by atoms with Crippen molar-refractivity contribution in [2.45, 2.75) is 36.7 Å². The van der Waals surface area contributed by atoms with E-state index in [4.69, 9.17) is 11.6 Å². The van der Waals surface area contributed by atoms with Gasteiger partial charge in [-0.2, -0.15) is 9.40 Å². The Morgan fingerprint density at radius 1 is 1.10 bits per heavy atom. The predicted octanol–water partition coefficient (Wildman–Crippen LogP) is 2.78. The maximum atomic E-state index is 13.5. The smallest absolute Gasteiger partial charge is 0.244 e. The quantitative estimate of drug-likeness (QED) is 0.611. The van der Waals surface area contributed by atoms with Crippen LogP contribution in [0.25, 0.3) is 5.69 Å². The Morgan fingerprint density at radius 3 is 2.52 bits per heavy atom. The van der Waals surface area contributed by atoms with Crippen LogP contribution in [0.15, 0.2) is 66.1 Å². The number of hydrogen-bond acceptors (Lipinski definition) is 5. The lowest BCUT2D eigenvalue weighted by Gasteiger charge is -2.29. The van der Waals surface area contributed by atoms with Crippen LogP contribution in [0.2, 0.25) is 5.02 Å². The first kappa shape index (κ1) is 21.5. The fourth-order valence-corrected chi connectivity index (χ4v) is 5.31. The minimum Gasteiger partial charge on any atom is -0.355 e. The first-order chi connectivity index (χ1) is 14.9. The van der Waals surface area contributed by atoms with Crippen molar-refractivity contribution in [3.05, 3.63) is 71.8 Å². The van der Waals surface area contributed by atoms with E-state index in [9.17, 15) is 13.2 Å². The largest absolute Gasteiger partial charge is 0.355 e. The number of rotatable bonds is 6. The van der Waals surface area contributed by atoms with E-state index in [-0.39, 0.29) is 17.3 Å². The molecule has 2 heterocycles. The molecular formula is C21H22ClN5O3S. The summed E-state index contributed by atoms with van der Waals surface area (Å²) < 4.78 is 30.0. The molecule has 1 aliphatic rings. The second-order valence-electron chi connectivity index (χ2n) is 7.31. The van der Waals surface area contributed by atoms with E-state index in [1.165, 1.54) is 34.9 Å². The molecule has 0 aliphatic carbocycles. The van der Waals surface area contributed by atoms with Gasteiger partial charge < -0.3 is 5.32 Å². The van der Waals surface area contributed by atoms with Gasteiger partial charge in [0.25, 0.3) is 0 Å². The van der Waals surface area contributed by atoms with E-state index in [1.54, 1.807) is 11.0 Å². The number of sulfonamides is 1. The van der Waals surface area contributed by atoms with Gasteiger partial charge in [-0.05, 0) is 61.2 Å². The molecule has 0 radical (unpaired) electrons. The molecule has 8 nitrogen and oxygen atoms in total. The summed E-state index contributed by atoms with van der Waals surface area (Å²) in [5, 5.41) is 7.37. The number of amides is 1. The number of benzene rings is 2. The van der Waals surface area contributed by atoms with E-state index in [0.29, 0.717) is 18.0 Å². The van der Waals surface area contributed by atoms with Crippen molar-refractivity contribution in [2.75, 3.05) is 6.54 Å². The second kappa shape index (κ2) is 9.17. The SMILES string of the molecule is O=C1NCCCCC1N(Cc1ccc(-n2cncn2)cc1)S(=O)(=O)c1ccc(Cl)cc1. The van der Waals surface area contributed by atoms with Crippen LogP contribution in [-0.2, 0) is 21.4 Å². The number of nitrogens with zero attached hydrogens (tertiary/aromatic N) is 4. The molecule has 0 saturated carbocycles. The van der Waals surface area contributed by atoms with Crippen molar-refractivity contribution >= 4 is 27.5 Å². The first-order valence-electron chi connectivity index (χ1n) is 9.94. The van der Waals surface area contributed by atoms with E-state index in [2.05, 4.69) is 15.4 Å². The Balaban J connectivity index is 1.68. The van der Waals surface area contributed by atoms with Gasteiger partial charge in [-0.15, -0.1) is 0 Å². The maximum absolute atomic E-state index is 13.5. The van der Waals surface area contributed by atoms with Gasteiger partial charge in [-0.25, -0.2) is 18.1 Å². The van der Waals surface area contributed by atoms with Crippen LogP contribution in [-0.4, -0.2) is 46.0 Å². The summed E-state index contributed by atoms with van der Waals surface area (Å²) in [6, 6.07) is 12.6. The Bertz CT molecular complexity index is 1130. The van der Waals surface area contributed by atoms with E-state index >= 15 is 0 Å². The molecule has 1 saturated heterocycles. The van der Waals surface area contributed by atoms with Crippen LogP contribution in [0.3, 0.4) is 0 Å². The number of carbonyl (C=O) groups excluding carboxylic acids is 1. The lowest BCUT2D eigenvalue weighted by Crippen LogP contribution is -2.48. The summed E-state index contributed by atoms with van der Waals surface area (Å²) in [6.45, 7) is 0.622. The summed E-state index contributed by atoms with van der Waals surface area (Å²) in [4.78, 5) is 16.8. The Hall–Kier alpha value is -2.75. The number of halogens is 1. The molecule has 1 amide bonds. The van der Waals surface area contributed by atoms with Gasteiger partial charge in [0.2, 0.25) is 15.9 Å². The van der Waals surface area contributed by atoms with Crippen molar-refractivity contribution in [3.8, 4) is 5.69 Å². The molecule has 0 bridgehead atoms. The average Bonchev–Trinajstić information content (AvgIpc) is 3.22. The molecule has 1 atom stereocenters. The Kier molecular flexibility index (Phi) is 6.35. The summed E-state index contributed by atoms with van der Waals surface area (Å²) in [6.07, 6.45) is 5.09. The molecule has 3 aromatic rings. The number of carbonyl (C=O) groups is 1. The number of nitrogens with one attached hydrogen (secondary N) is 1. The van der Waals surface area contributed by atoms with Crippen molar-refractivity contribution in [1.29, 1.82) is 0 Å². The predicted molar refractivity (Wildman–Crippen MR) is 116 cm³/mol. The van der Waals surface area contributed by atoms with Gasteiger partial charge in [0, 0.05) is 18.1 Å². The highest BCUT2D eigenvalue weighted by Crippen LogP contribution is 2.26. The fraction of sp³-hybridized carbons (Fsp3) is 0.286. The van der Waals surface area contributed by atoms with Gasteiger partial charge in [0.05, 0.1) is 10.6 Å². The molecule has 2 aromatic carbocycles. The lowest BCUT2D eigenvalue weighted by atomic mass is 10.1. The third-order valence-electron chi connectivity index (χ3n) is 5.23. The lowest BCUT2D eigenvalue weighted by molar-refractivity contribution is -0.124. The zero-order valence-electron chi connectivity index (χ0n) is 16.7. The Morgan fingerprint density at radius 2 is 1.84 bits per heavy atom. The molecule has 4 rings (SSSR count). The topological polar surface area (TPSA) is 97.2 Å². The molecule has 162 valence electrons. The molecular weight excluding hydrogens is 438 g/mol. The zero-order chi connectivity index (χ0) is 21.8. The second-order valence-corrected chi connectivity index (χ2v) is 9.64. The third-order valence-corrected chi connectivity index (χ3v) is 7.35. The van der Waals surface area contributed by atoms with E-state index in [0.717, 1.165) is 24.1 Å². The van der Waals surface area contributed by atoms with Crippen LogP contribution < -0.4 is 5.32 Å². The average molecular weight is 460 g/mol. The Labute approximate surface area is 185 Å². The molecule has 0 spiro atoms. The molecule has 1 aliphatic heterocycles. The van der Waals surface area contributed by atoms with Gasteiger partial charge in [0.1, 0.15) is 18.7 Å². The third kappa shape index (κ3) is 4.79. The summed E-state index contributed by atoms with van der Waals surface area (Å²) in [5.41, 5.74) is 1.57. The summed E-state index contributed by atoms with van der Waals surface area (Å²) in [7, 11) is -3.93. The molecule has 1 aromatic heterocycles. The van der Waals surface area contributed by atoms with E-state index < -0.39 is 16.1 Å². The highest BCUT2D eigenvalue weighted by atomic mass is 35.5. The normalized spacial score (nSPS) is 17.4. The molecule has 1 unspecified atom stereocenters. The highest BCUT2D eigenvalue weighted by molar-refractivity contribution is 7.89. The molecule has 1 N–H and O–H groups in total. The summed E-state index contributed by atoms with van der Waals surface area (Å²) in [5.74, 6) is -0.269. The van der Waals surface area contributed by atoms with Crippen LogP contribution in [0, 0.1) is 0 Å². The van der Waals surface area contributed by atoms with Crippen molar-refractivity contribution in [3.63, 3.8) is 0 Å². The van der Waals surface area contributed by atoms with Gasteiger partial charge in [0.15, 0.2) is 0 Å². The standard InChI is InChI=1S/C21H22ClN5O3S/c22-17-6-10-19(11-7-17)31(29,30)27(20-3-1-2-12-24-21(20)28)13-16-4-8-18(9-5-16)26-15-23-14-25-26/h4-11,14-15,20H,1-3,12-13H2,(H,24,28). The zero-order valence-corrected chi connectivity index (χ0v) is 18.3. The minimum absolute atomic E-state index is 0.0701. The molecule has 1 fully saturated rings. The van der Waals surface area contributed by atoms with Crippen LogP contribution >= 0.6 is 11.6 Å². The monoisotopic (exact) mass is 459 g/mol. The molecule has 31 heavy (non-hydrogen) atoms. The van der Waals surface area contributed by atoms with Gasteiger partial charge >= 0.3 is 0 Å². The van der Waals surface area contributed by atoms with Gasteiger partial charge in [-0.3, -0.25) is 4.79 Å². The fourth-order valence-electron chi connectivity index (χ4n) is 3.58. The van der Waals surface area contributed by atoms with E-state index in [1.807, 2.05) is 24.3 Å². The first-order valence-corrected chi connectivity index (χ1v) is 11.8. The number of hydrogen-bond donors (Lipinski definition) is 1. The van der Waals surface area contributed by atoms with Crippen molar-refractivity contribution in [1.82, 2.24) is 24.4 Å². The van der Waals surface area contributed by atoms with Crippen LogP contribution in [0.1, 0.15) is 24.8 Å². The van der Waals surface area contributed by atoms with Gasteiger partial charge in [-0.1, -0.05) is 23.7 Å². The summed E-state index contributed by atoms with van der Waals surface area (Å²) >= 11 is 5.94. The molecule has 10 heteroatoms. The number of aromatic nitrogens is 3. The highest BCUT2D eigenvalue weighted by Gasteiger charge is 2.36. The van der Waals surface area contributed by atoms with Crippen LogP contribution in [0.4, 0.5) is 0 Å². The van der Waals surface area contributed by atoms with Crippen LogP contribution in [0.5, 0.6) is 0 Å². The maximum Gasteiger partial charge on any atom is 0.244 e.